The summed E-state index contributed by atoms with van der Waals surface area (Å²) < 4.78 is 39.7. The van der Waals surface area contributed by atoms with Gasteiger partial charge in [-0.1, -0.05) is 6.42 Å². The van der Waals surface area contributed by atoms with E-state index in [2.05, 4.69) is 4.72 Å². The van der Waals surface area contributed by atoms with Crippen LogP contribution in [0.3, 0.4) is 0 Å². The Morgan fingerprint density at radius 2 is 2.05 bits per heavy atom. The van der Waals surface area contributed by atoms with E-state index < -0.39 is 15.8 Å². The van der Waals surface area contributed by atoms with Crippen LogP contribution in [0.4, 0.5) is 10.1 Å². The van der Waals surface area contributed by atoms with Gasteiger partial charge in [-0.3, -0.25) is 0 Å². The molecule has 0 heterocycles. The summed E-state index contributed by atoms with van der Waals surface area (Å²) in [5.41, 5.74) is 5.44. The fourth-order valence-corrected chi connectivity index (χ4v) is 3.89. The van der Waals surface area contributed by atoms with E-state index in [9.17, 15) is 17.9 Å². The van der Waals surface area contributed by atoms with Gasteiger partial charge >= 0.3 is 0 Å². The smallest absolute Gasteiger partial charge is 0.242 e. The van der Waals surface area contributed by atoms with Crippen molar-refractivity contribution < 1.29 is 17.9 Å². The third-order valence-electron chi connectivity index (χ3n) is 3.85. The number of hydrogen-bond acceptors (Lipinski definition) is 4. The van der Waals surface area contributed by atoms with Gasteiger partial charge in [-0.05, 0) is 42.9 Å². The second-order valence-corrected chi connectivity index (χ2v) is 6.90. The van der Waals surface area contributed by atoms with E-state index in [-0.39, 0.29) is 35.6 Å². The summed E-state index contributed by atoms with van der Waals surface area (Å²) in [6.45, 7) is 0.343. The number of hydrogen-bond donors (Lipinski definition) is 3. The molecule has 0 amide bonds. The van der Waals surface area contributed by atoms with Gasteiger partial charge in [-0.2, -0.15) is 0 Å². The second-order valence-electron chi connectivity index (χ2n) is 5.17. The van der Waals surface area contributed by atoms with Crippen molar-refractivity contribution in [3.05, 3.63) is 24.0 Å². The lowest BCUT2D eigenvalue weighted by molar-refractivity contribution is 0.195. The van der Waals surface area contributed by atoms with E-state index in [4.69, 9.17) is 5.73 Å². The van der Waals surface area contributed by atoms with Crippen LogP contribution in [0.1, 0.15) is 19.3 Å². The number of aliphatic hydroxyl groups excluding tert-OH is 1. The summed E-state index contributed by atoms with van der Waals surface area (Å²) in [5, 5.41) is 9.22. The first-order valence-electron chi connectivity index (χ1n) is 6.59. The maximum absolute atomic E-state index is 12.9. The van der Waals surface area contributed by atoms with Gasteiger partial charge in [0, 0.05) is 13.2 Å². The molecule has 7 heteroatoms. The van der Waals surface area contributed by atoms with Crippen LogP contribution in [0.15, 0.2) is 23.1 Å². The first-order valence-corrected chi connectivity index (χ1v) is 8.08. The maximum atomic E-state index is 12.9. The van der Waals surface area contributed by atoms with Crippen molar-refractivity contribution in [1.29, 1.82) is 0 Å². The van der Waals surface area contributed by atoms with Gasteiger partial charge in [0.05, 0.1) is 5.69 Å². The van der Waals surface area contributed by atoms with Crippen molar-refractivity contribution in [1.82, 2.24) is 4.72 Å². The van der Waals surface area contributed by atoms with Crippen LogP contribution >= 0.6 is 0 Å². The predicted octanol–water partition coefficient (Wildman–Crippen LogP) is 1.09. The van der Waals surface area contributed by atoms with Gasteiger partial charge in [0.15, 0.2) is 0 Å². The topological polar surface area (TPSA) is 92.4 Å². The minimum absolute atomic E-state index is 0.0745. The van der Waals surface area contributed by atoms with Crippen LogP contribution < -0.4 is 10.5 Å². The van der Waals surface area contributed by atoms with Crippen molar-refractivity contribution in [3.63, 3.8) is 0 Å². The minimum Gasteiger partial charge on any atom is -0.398 e. The van der Waals surface area contributed by atoms with Crippen LogP contribution in [0.25, 0.3) is 0 Å². The molecule has 0 radical (unpaired) electrons. The standard InChI is InChI=1S/C13H19FN2O3S/c14-11-4-5-13(12(15)6-11)20(18,19)16-7-9-2-1-3-10(9)8-17/h4-6,9-10,16-17H,1-3,7-8,15H2. The van der Waals surface area contributed by atoms with Crippen LogP contribution in [-0.4, -0.2) is 26.7 Å². The van der Waals surface area contributed by atoms with Crippen molar-refractivity contribution in [2.75, 3.05) is 18.9 Å². The molecule has 1 fully saturated rings. The third-order valence-corrected chi connectivity index (χ3v) is 5.35. The van der Waals surface area contributed by atoms with E-state index >= 15 is 0 Å². The Hall–Kier alpha value is -1.18. The SMILES string of the molecule is Nc1cc(F)ccc1S(=O)(=O)NCC1CCCC1CO. The van der Waals surface area contributed by atoms with Crippen molar-refractivity contribution >= 4 is 15.7 Å². The van der Waals surface area contributed by atoms with E-state index in [0.29, 0.717) is 0 Å². The monoisotopic (exact) mass is 302 g/mol. The molecule has 0 aliphatic heterocycles. The number of sulfonamides is 1. The first-order chi connectivity index (χ1) is 9.44. The number of halogens is 1. The first kappa shape index (κ1) is 15.2. The highest BCUT2D eigenvalue weighted by Crippen LogP contribution is 2.31. The highest BCUT2D eigenvalue weighted by atomic mass is 32.2. The van der Waals surface area contributed by atoms with Gasteiger partial charge in [0.2, 0.25) is 10.0 Å². The van der Waals surface area contributed by atoms with E-state index in [1.54, 1.807) is 0 Å². The second kappa shape index (κ2) is 6.07. The highest BCUT2D eigenvalue weighted by molar-refractivity contribution is 7.89. The molecule has 2 atom stereocenters. The Labute approximate surface area is 118 Å². The molecule has 2 unspecified atom stereocenters. The molecule has 1 saturated carbocycles. The number of nitrogens with one attached hydrogen (secondary N) is 1. The molecule has 0 saturated heterocycles. The Balaban J connectivity index is 2.07. The molecule has 2 rings (SSSR count). The number of nitrogen functional groups attached to an aromatic ring is 1. The lowest BCUT2D eigenvalue weighted by Crippen LogP contribution is -2.32. The molecule has 5 nitrogen and oxygen atoms in total. The largest absolute Gasteiger partial charge is 0.398 e. The Morgan fingerprint density at radius 1 is 1.35 bits per heavy atom. The molecule has 0 spiro atoms. The Bertz CT molecular complexity index is 577. The summed E-state index contributed by atoms with van der Waals surface area (Å²) >= 11 is 0. The zero-order valence-electron chi connectivity index (χ0n) is 11.0. The number of anilines is 1. The average molecular weight is 302 g/mol. The molecule has 20 heavy (non-hydrogen) atoms. The van der Waals surface area contributed by atoms with E-state index in [0.717, 1.165) is 37.5 Å². The van der Waals surface area contributed by atoms with Gasteiger partial charge in [-0.15, -0.1) is 0 Å². The van der Waals surface area contributed by atoms with Crippen molar-refractivity contribution in [2.24, 2.45) is 11.8 Å². The molecule has 1 aliphatic carbocycles. The lowest BCUT2D eigenvalue weighted by atomic mass is 9.97. The fraction of sp³-hybridized carbons (Fsp3) is 0.538. The number of aliphatic hydroxyl groups is 1. The van der Waals surface area contributed by atoms with Crippen LogP contribution in [0.5, 0.6) is 0 Å². The summed E-state index contributed by atoms with van der Waals surface area (Å²) in [6, 6.07) is 3.21. The average Bonchev–Trinajstić information content (AvgIpc) is 2.83. The number of benzene rings is 1. The molecule has 1 aromatic rings. The Morgan fingerprint density at radius 3 is 2.70 bits per heavy atom. The summed E-state index contributed by atoms with van der Waals surface area (Å²) in [4.78, 5) is -0.113. The highest BCUT2D eigenvalue weighted by Gasteiger charge is 2.28. The molecule has 4 N–H and O–H groups in total. The molecule has 112 valence electrons. The molecule has 0 aromatic heterocycles. The van der Waals surface area contributed by atoms with Crippen LogP contribution in [-0.2, 0) is 10.0 Å². The van der Waals surface area contributed by atoms with E-state index in [1.165, 1.54) is 0 Å². The molecular formula is C13H19FN2O3S. The van der Waals surface area contributed by atoms with Gasteiger partial charge < -0.3 is 10.8 Å². The minimum atomic E-state index is -3.75. The zero-order valence-corrected chi connectivity index (χ0v) is 11.9. The fourth-order valence-electron chi connectivity index (χ4n) is 2.68. The maximum Gasteiger partial charge on any atom is 0.242 e. The lowest BCUT2D eigenvalue weighted by Gasteiger charge is -2.18. The molecule has 1 aromatic carbocycles. The van der Waals surface area contributed by atoms with E-state index in [1.807, 2.05) is 0 Å². The zero-order chi connectivity index (χ0) is 14.8. The Kier molecular flexibility index (Phi) is 4.62. The van der Waals surface area contributed by atoms with Crippen LogP contribution in [0.2, 0.25) is 0 Å². The van der Waals surface area contributed by atoms with Crippen LogP contribution in [0, 0.1) is 17.7 Å². The normalized spacial score (nSPS) is 23.1. The van der Waals surface area contributed by atoms with Gasteiger partial charge in [0.25, 0.3) is 0 Å². The summed E-state index contributed by atoms with van der Waals surface area (Å²) in [6.07, 6.45) is 2.81. The summed E-state index contributed by atoms with van der Waals surface area (Å²) in [5.74, 6) is -0.294. The quantitative estimate of drug-likeness (QED) is 0.710. The van der Waals surface area contributed by atoms with Crippen molar-refractivity contribution in [2.45, 2.75) is 24.2 Å². The molecule has 0 bridgehead atoms. The van der Waals surface area contributed by atoms with Gasteiger partial charge in [-0.25, -0.2) is 17.5 Å². The number of nitrogens with two attached hydrogens (primary N) is 1. The van der Waals surface area contributed by atoms with Gasteiger partial charge in [0.1, 0.15) is 10.7 Å². The molecular weight excluding hydrogens is 283 g/mol. The summed E-state index contributed by atoms with van der Waals surface area (Å²) in [7, 11) is -3.75. The third kappa shape index (κ3) is 3.28. The predicted molar refractivity (Wildman–Crippen MR) is 73.9 cm³/mol. The molecule has 1 aliphatic rings. The van der Waals surface area contributed by atoms with Crippen molar-refractivity contribution in [3.8, 4) is 0 Å². The number of rotatable bonds is 5.